The van der Waals surface area contributed by atoms with Gasteiger partial charge in [-0.2, -0.15) is 0 Å². The molecule has 0 saturated heterocycles. The van der Waals surface area contributed by atoms with Gasteiger partial charge in [0, 0.05) is 10.6 Å². The molecule has 1 aromatic carbocycles. The van der Waals surface area contributed by atoms with Crippen molar-refractivity contribution in [2.45, 2.75) is 75.8 Å². The van der Waals surface area contributed by atoms with Crippen LogP contribution >= 0.6 is 0 Å². The van der Waals surface area contributed by atoms with Gasteiger partial charge in [-0.25, -0.2) is 4.79 Å². The number of nitrogens with one attached hydrogen (secondary N) is 2. The number of aliphatic imine (C=N–C) groups is 1. The highest BCUT2D eigenvalue weighted by Gasteiger charge is 2.54. The molecule has 1 fully saturated rings. The number of urea groups is 1. The van der Waals surface area contributed by atoms with Crippen LogP contribution in [0.3, 0.4) is 0 Å². The Morgan fingerprint density at radius 2 is 1.85 bits per heavy atom. The molecule has 3 N–H and O–H groups in total. The molecular formula is C26H38N4O3Si. The summed E-state index contributed by atoms with van der Waals surface area (Å²) in [5, 5.41) is 15.8. The normalized spacial score (nSPS) is 21.5. The molecule has 0 bridgehead atoms. The first-order valence-electron chi connectivity index (χ1n) is 12.3. The number of hydrogen-bond acceptors (Lipinski definition) is 4. The fraction of sp³-hybridized carbons (Fsp3) is 0.577. The Balaban J connectivity index is 1.44. The van der Waals surface area contributed by atoms with E-state index in [9.17, 15) is 14.7 Å². The van der Waals surface area contributed by atoms with Crippen molar-refractivity contribution in [1.82, 2.24) is 15.5 Å². The van der Waals surface area contributed by atoms with E-state index in [0.717, 1.165) is 36.0 Å². The third kappa shape index (κ3) is 4.22. The molecule has 2 heterocycles. The Bertz CT molecular complexity index is 1020. The van der Waals surface area contributed by atoms with E-state index >= 15 is 0 Å². The van der Waals surface area contributed by atoms with E-state index in [1.54, 1.807) is 4.90 Å². The second kappa shape index (κ2) is 8.96. The van der Waals surface area contributed by atoms with Crippen molar-refractivity contribution in [2.75, 3.05) is 19.7 Å². The van der Waals surface area contributed by atoms with Crippen LogP contribution in [-0.2, 0) is 11.2 Å². The predicted molar refractivity (Wildman–Crippen MR) is 138 cm³/mol. The molecular weight excluding hydrogens is 444 g/mol. The minimum absolute atomic E-state index is 0.106. The van der Waals surface area contributed by atoms with E-state index < -0.39 is 13.6 Å². The van der Waals surface area contributed by atoms with E-state index in [-0.39, 0.29) is 29.6 Å². The maximum absolute atomic E-state index is 13.4. The molecule has 0 radical (unpaired) electrons. The van der Waals surface area contributed by atoms with Gasteiger partial charge in [0.05, 0.1) is 39.4 Å². The zero-order chi connectivity index (χ0) is 24.7. The summed E-state index contributed by atoms with van der Waals surface area (Å²) in [6.45, 7) is 11.6. The minimum Gasteiger partial charge on any atom is -0.394 e. The van der Waals surface area contributed by atoms with Gasteiger partial charge in [-0.1, -0.05) is 56.4 Å². The lowest BCUT2D eigenvalue weighted by molar-refractivity contribution is -0.125. The second-order valence-electron chi connectivity index (χ2n) is 11.4. The van der Waals surface area contributed by atoms with Crippen LogP contribution in [0, 0.1) is 0 Å². The molecule has 8 heteroatoms. The number of amides is 3. The van der Waals surface area contributed by atoms with Gasteiger partial charge in [-0.15, -0.1) is 0 Å². The first kappa shape index (κ1) is 24.7. The predicted octanol–water partition coefficient (Wildman–Crippen LogP) is 3.48. The van der Waals surface area contributed by atoms with Gasteiger partial charge in [0.2, 0.25) is 5.91 Å². The number of rotatable bonds is 6. The standard InChI is InChI=1S/C26H38N4O3Si/c1-25(2)21-15-27-22(29-23(32)26(12-9-13-26)34(3,4)5)20(21)16-30(25)24(33)28-19(17-31)14-18-10-7-6-8-11-18/h6-8,10-11,19,31H,9,12-17H2,1-5H3,(H,28,33)(H,27,29,32)/t19-/m1/s1. The fourth-order valence-corrected chi connectivity index (χ4v) is 8.17. The van der Waals surface area contributed by atoms with Gasteiger partial charge in [-0.05, 0) is 44.2 Å². The summed E-state index contributed by atoms with van der Waals surface area (Å²) in [6, 6.07) is 9.26. The molecule has 0 spiro atoms. The summed E-state index contributed by atoms with van der Waals surface area (Å²) < 4.78 is 0. The Hall–Kier alpha value is -2.45. The molecule has 1 atom stereocenters. The lowest BCUT2D eigenvalue weighted by Gasteiger charge is -2.49. The van der Waals surface area contributed by atoms with E-state index in [1.165, 1.54) is 0 Å². The number of carbonyl (C=O) groups is 2. The Morgan fingerprint density at radius 1 is 1.18 bits per heavy atom. The summed E-state index contributed by atoms with van der Waals surface area (Å²) in [7, 11) is -1.69. The van der Waals surface area contributed by atoms with E-state index in [4.69, 9.17) is 0 Å². The highest BCUT2D eigenvalue weighted by atomic mass is 28.3. The SMILES string of the molecule is CC1(C)C2=C(CN1C(=O)N[C@@H](CO)Cc1ccccc1)C(NC(=O)C1([Si](C)(C)C)CCC1)=NC2. The van der Waals surface area contributed by atoms with Crippen molar-refractivity contribution < 1.29 is 14.7 Å². The van der Waals surface area contributed by atoms with Crippen molar-refractivity contribution in [3.63, 3.8) is 0 Å². The number of benzene rings is 1. The summed E-state index contributed by atoms with van der Waals surface area (Å²) >= 11 is 0. The number of hydrogen-bond donors (Lipinski definition) is 3. The number of carbonyl (C=O) groups excluding carboxylic acids is 2. The molecule has 3 aliphatic rings. The monoisotopic (exact) mass is 482 g/mol. The van der Waals surface area contributed by atoms with Crippen LogP contribution in [0.1, 0.15) is 38.7 Å². The zero-order valence-electron chi connectivity index (χ0n) is 21.1. The summed E-state index contributed by atoms with van der Waals surface area (Å²) in [6.07, 6.45) is 3.58. The number of amidine groups is 1. The maximum Gasteiger partial charge on any atom is 0.318 e. The van der Waals surface area contributed by atoms with Gasteiger partial charge >= 0.3 is 6.03 Å². The molecule has 2 aliphatic heterocycles. The maximum atomic E-state index is 13.4. The topological polar surface area (TPSA) is 94.0 Å². The molecule has 1 aliphatic carbocycles. The highest BCUT2D eigenvalue weighted by Crippen LogP contribution is 2.55. The lowest BCUT2D eigenvalue weighted by Crippen LogP contribution is -2.55. The van der Waals surface area contributed by atoms with Crippen LogP contribution in [0.4, 0.5) is 4.79 Å². The molecule has 0 unspecified atom stereocenters. The van der Waals surface area contributed by atoms with E-state index in [0.29, 0.717) is 25.3 Å². The number of aliphatic hydroxyl groups is 1. The molecule has 34 heavy (non-hydrogen) atoms. The largest absolute Gasteiger partial charge is 0.394 e. The van der Waals surface area contributed by atoms with Crippen LogP contribution in [0.5, 0.6) is 0 Å². The molecule has 7 nitrogen and oxygen atoms in total. The smallest absolute Gasteiger partial charge is 0.318 e. The van der Waals surface area contributed by atoms with Gasteiger partial charge in [0.15, 0.2) is 0 Å². The first-order valence-corrected chi connectivity index (χ1v) is 15.8. The van der Waals surface area contributed by atoms with Crippen LogP contribution in [0.15, 0.2) is 46.5 Å². The Kier molecular flexibility index (Phi) is 6.50. The average Bonchev–Trinajstić information content (AvgIpc) is 3.24. The molecule has 184 valence electrons. The van der Waals surface area contributed by atoms with Crippen molar-refractivity contribution >= 4 is 25.8 Å². The Morgan fingerprint density at radius 3 is 2.41 bits per heavy atom. The van der Waals surface area contributed by atoms with Crippen molar-refractivity contribution in [3.8, 4) is 0 Å². The van der Waals surface area contributed by atoms with Gasteiger partial charge in [0.1, 0.15) is 5.84 Å². The second-order valence-corrected chi connectivity index (χ2v) is 16.9. The van der Waals surface area contributed by atoms with Crippen LogP contribution in [0.25, 0.3) is 0 Å². The first-order chi connectivity index (χ1) is 16.0. The van der Waals surface area contributed by atoms with Crippen LogP contribution < -0.4 is 10.6 Å². The molecule has 0 aromatic heterocycles. The van der Waals surface area contributed by atoms with Crippen LogP contribution in [0.2, 0.25) is 24.7 Å². The van der Waals surface area contributed by atoms with Crippen molar-refractivity contribution in [3.05, 3.63) is 47.0 Å². The van der Waals surface area contributed by atoms with Crippen molar-refractivity contribution in [2.24, 2.45) is 4.99 Å². The molecule has 3 amide bonds. The highest BCUT2D eigenvalue weighted by molar-refractivity contribution is 6.82. The number of aliphatic hydroxyl groups excluding tert-OH is 1. The number of nitrogens with zero attached hydrogens (tertiary/aromatic N) is 2. The zero-order valence-corrected chi connectivity index (χ0v) is 22.1. The third-order valence-corrected chi connectivity index (χ3v) is 11.8. The summed E-state index contributed by atoms with van der Waals surface area (Å²) in [5.41, 5.74) is 2.58. The molecule has 4 rings (SSSR count). The van der Waals surface area contributed by atoms with Gasteiger partial charge in [0.25, 0.3) is 0 Å². The average molecular weight is 483 g/mol. The van der Waals surface area contributed by atoms with Gasteiger partial charge in [-0.3, -0.25) is 9.79 Å². The molecule has 1 aromatic rings. The van der Waals surface area contributed by atoms with Crippen molar-refractivity contribution in [1.29, 1.82) is 0 Å². The summed E-state index contributed by atoms with van der Waals surface area (Å²) in [4.78, 5) is 33.1. The molecule has 1 saturated carbocycles. The quantitative estimate of drug-likeness (QED) is 0.542. The van der Waals surface area contributed by atoms with E-state index in [1.807, 2.05) is 44.2 Å². The fourth-order valence-electron chi connectivity index (χ4n) is 5.57. The third-order valence-electron chi connectivity index (χ3n) is 8.20. The van der Waals surface area contributed by atoms with Crippen LogP contribution in [-0.4, -0.2) is 67.1 Å². The summed E-state index contributed by atoms with van der Waals surface area (Å²) in [5.74, 6) is 0.741. The van der Waals surface area contributed by atoms with E-state index in [2.05, 4.69) is 35.3 Å². The van der Waals surface area contributed by atoms with Gasteiger partial charge < -0.3 is 20.6 Å². The minimum atomic E-state index is -1.69. The lowest BCUT2D eigenvalue weighted by atomic mass is 9.83. The Labute approximate surface area is 203 Å².